The number of anilines is 2. The highest BCUT2D eigenvalue weighted by molar-refractivity contribution is 7.10. The van der Waals surface area contributed by atoms with E-state index in [1.807, 2.05) is 11.4 Å². The summed E-state index contributed by atoms with van der Waals surface area (Å²) >= 11 is 1.66. The van der Waals surface area contributed by atoms with Gasteiger partial charge in [0.2, 0.25) is 5.95 Å². The minimum Gasteiger partial charge on any atom is -0.363 e. The second kappa shape index (κ2) is 7.79. The molecule has 1 unspecified atom stereocenters. The molecule has 1 aliphatic rings. The predicted octanol–water partition coefficient (Wildman–Crippen LogP) is 3.87. The van der Waals surface area contributed by atoms with Crippen LogP contribution in [0.2, 0.25) is 0 Å². The maximum Gasteiger partial charge on any atom is 0.433 e. The van der Waals surface area contributed by atoms with Crippen molar-refractivity contribution in [1.82, 2.24) is 14.9 Å². The second-order valence-electron chi connectivity index (χ2n) is 6.48. The lowest BCUT2D eigenvalue weighted by molar-refractivity contribution is -0.141. The smallest absolute Gasteiger partial charge is 0.363 e. The van der Waals surface area contributed by atoms with Crippen LogP contribution in [0.3, 0.4) is 0 Å². The largest absolute Gasteiger partial charge is 0.433 e. The summed E-state index contributed by atoms with van der Waals surface area (Å²) in [5.74, 6) is 0.230. The third-order valence-electron chi connectivity index (χ3n) is 4.37. The van der Waals surface area contributed by atoms with Gasteiger partial charge in [0.15, 0.2) is 5.69 Å². The number of nitrogens with zero attached hydrogens (tertiary/aromatic N) is 4. The summed E-state index contributed by atoms with van der Waals surface area (Å²) in [6.07, 6.45) is -2.22. The monoisotopic (exact) mass is 385 g/mol. The highest BCUT2D eigenvalue weighted by Gasteiger charge is 2.34. The number of hydrogen-bond donors (Lipinski definition) is 1. The standard InChI is InChI=1S/C17H22F3N5S/c1-24(2)15-10-14(17(18,19)20)22-16(23-15)21-11-12(13-6-5-9-26-13)25-7-3-4-8-25/h5-6,9-10,12H,3-4,7-8,11H2,1-2H3,(H,21,22,23). The van der Waals surface area contributed by atoms with Crippen LogP contribution in [0.1, 0.15) is 29.5 Å². The van der Waals surface area contributed by atoms with Gasteiger partial charge in [-0.25, -0.2) is 4.98 Å². The number of thiophene rings is 1. The number of alkyl halides is 3. The summed E-state index contributed by atoms with van der Waals surface area (Å²) in [5, 5.41) is 5.05. The molecule has 1 saturated heterocycles. The van der Waals surface area contributed by atoms with E-state index in [0.717, 1.165) is 32.0 Å². The third kappa shape index (κ3) is 4.45. The number of nitrogens with one attached hydrogen (secondary N) is 1. The normalized spacial score (nSPS) is 16.7. The lowest BCUT2D eigenvalue weighted by Gasteiger charge is -2.27. The SMILES string of the molecule is CN(C)c1cc(C(F)(F)F)nc(NCC(c2cccs2)N2CCCC2)n1. The Morgan fingerprint density at radius 1 is 1.27 bits per heavy atom. The average Bonchev–Trinajstić information content (AvgIpc) is 3.28. The molecule has 1 fully saturated rings. The first kappa shape index (κ1) is 18.9. The van der Waals surface area contributed by atoms with Crippen LogP contribution >= 0.6 is 11.3 Å². The number of aromatic nitrogens is 2. The molecule has 0 spiro atoms. The third-order valence-corrected chi connectivity index (χ3v) is 5.34. The van der Waals surface area contributed by atoms with Crippen LogP contribution < -0.4 is 10.2 Å². The summed E-state index contributed by atoms with van der Waals surface area (Å²) in [6.45, 7) is 2.46. The van der Waals surface area contributed by atoms with Gasteiger partial charge in [-0.05, 0) is 37.4 Å². The summed E-state index contributed by atoms with van der Waals surface area (Å²) in [6, 6.07) is 5.13. The van der Waals surface area contributed by atoms with Crippen molar-refractivity contribution in [2.24, 2.45) is 0 Å². The van der Waals surface area contributed by atoms with E-state index in [0.29, 0.717) is 6.54 Å². The molecule has 3 heterocycles. The predicted molar refractivity (Wildman–Crippen MR) is 97.7 cm³/mol. The van der Waals surface area contributed by atoms with Gasteiger partial charge in [0.05, 0.1) is 6.04 Å². The zero-order chi connectivity index (χ0) is 18.7. The van der Waals surface area contributed by atoms with Crippen LogP contribution in [0.15, 0.2) is 23.6 Å². The van der Waals surface area contributed by atoms with Crippen molar-refractivity contribution in [3.63, 3.8) is 0 Å². The molecular formula is C17H22F3N5S. The number of rotatable bonds is 6. The maximum absolute atomic E-state index is 13.1. The fraction of sp³-hybridized carbons (Fsp3) is 0.529. The molecule has 5 nitrogen and oxygen atoms in total. The molecule has 26 heavy (non-hydrogen) atoms. The molecule has 0 radical (unpaired) electrons. The molecule has 9 heteroatoms. The number of likely N-dealkylation sites (tertiary alicyclic amines) is 1. The van der Waals surface area contributed by atoms with E-state index >= 15 is 0 Å². The second-order valence-corrected chi connectivity index (χ2v) is 7.46. The van der Waals surface area contributed by atoms with E-state index in [1.54, 1.807) is 30.3 Å². The van der Waals surface area contributed by atoms with Crippen LogP contribution in [-0.2, 0) is 6.18 Å². The van der Waals surface area contributed by atoms with E-state index < -0.39 is 11.9 Å². The molecule has 142 valence electrons. The first-order valence-electron chi connectivity index (χ1n) is 8.49. The van der Waals surface area contributed by atoms with Crippen LogP contribution in [-0.4, -0.2) is 48.6 Å². The number of halogens is 3. The first-order chi connectivity index (χ1) is 12.3. The average molecular weight is 385 g/mol. The van der Waals surface area contributed by atoms with E-state index in [2.05, 4.69) is 26.3 Å². The van der Waals surface area contributed by atoms with Crippen LogP contribution in [0.5, 0.6) is 0 Å². The molecule has 0 bridgehead atoms. The summed E-state index contributed by atoms with van der Waals surface area (Å²) < 4.78 is 39.4. The minimum atomic E-state index is -4.51. The van der Waals surface area contributed by atoms with Gasteiger partial charge >= 0.3 is 6.18 Å². The van der Waals surface area contributed by atoms with Gasteiger partial charge in [-0.3, -0.25) is 4.90 Å². The highest BCUT2D eigenvalue weighted by atomic mass is 32.1. The molecule has 0 aliphatic carbocycles. The van der Waals surface area contributed by atoms with Gasteiger partial charge in [0, 0.05) is 31.6 Å². The van der Waals surface area contributed by atoms with Crippen LogP contribution in [0.4, 0.5) is 24.9 Å². The summed E-state index contributed by atoms with van der Waals surface area (Å²) in [5.41, 5.74) is -0.937. The Bertz CT molecular complexity index is 712. The van der Waals surface area contributed by atoms with Gasteiger partial charge in [-0.2, -0.15) is 18.2 Å². The van der Waals surface area contributed by atoms with Gasteiger partial charge < -0.3 is 10.2 Å². The van der Waals surface area contributed by atoms with Crippen molar-refractivity contribution >= 4 is 23.1 Å². The van der Waals surface area contributed by atoms with Gasteiger partial charge in [-0.1, -0.05) is 6.07 Å². The van der Waals surface area contributed by atoms with Crippen molar-refractivity contribution in [3.05, 3.63) is 34.2 Å². The molecular weight excluding hydrogens is 363 g/mol. The van der Waals surface area contributed by atoms with Gasteiger partial charge in [0.1, 0.15) is 5.82 Å². The quantitative estimate of drug-likeness (QED) is 0.818. The molecule has 0 amide bonds. The Balaban J connectivity index is 1.81. The van der Waals surface area contributed by atoms with E-state index in [4.69, 9.17) is 0 Å². The minimum absolute atomic E-state index is 0.00396. The van der Waals surface area contributed by atoms with E-state index in [9.17, 15) is 13.2 Å². The van der Waals surface area contributed by atoms with Gasteiger partial charge in [-0.15, -0.1) is 11.3 Å². The summed E-state index contributed by atoms with van der Waals surface area (Å²) in [7, 11) is 3.32. The molecule has 3 rings (SSSR count). The molecule has 0 saturated carbocycles. The summed E-state index contributed by atoms with van der Waals surface area (Å²) in [4.78, 5) is 13.0. The van der Waals surface area contributed by atoms with Crippen LogP contribution in [0, 0.1) is 0 Å². The lowest BCUT2D eigenvalue weighted by atomic mass is 10.2. The molecule has 2 aromatic rings. The van der Waals surface area contributed by atoms with Crippen molar-refractivity contribution in [2.45, 2.75) is 25.1 Å². The van der Waals surface area contributed by atoms with Gasteiger partial charge in [0.25, 0.3) is 0 Å². The zero-order valence-corrected chi connectivity index (χ0v) is 15.6. The highest BCUT2D eigenvalue weighted by Crippen LogP contribution is 2.31. The lowest BCUT2D eigenvalue weighted by Crippen LogP contribution is -2.31. The van der Waals surface area contributed by atoms with Crippen molar-refractivity contribution in [1.29, 1.82) is 0 Å². The Morgan fingerprint density at radius 2 is 2.00 bits per heavy atom. The fourth-order valence-electron chi connectivity index (χ4n) is 3.02. The van der Waals surface area contributed by atoms with Crippen molar-refractivity contribution < 1.29 is 13.2 Å². The van der Waals surface area contributed by atoms with Crippen molar-refractivity contribution in [3.8, 4) is 0 Å². The molecule has 1 atom stereocenters. The molecule has 1 aliphatic heterocycles. The van der Waals surface area contributed by atoms with Crippen molar-refractivity contribution in [2.75, 3.05) is 43.9 Å². The van der Waals surface area contributed by atoms with E-state index in [-0.39, 0.29) is 17.8 Å². The maximum atomic E-state index is 13.1. The molecule has 2 aromatic heterocycles. The Morgan fingerprint density at radius 3 is 2.58 bits per heavy atom. The topological polar surface area (TPSA) is 44.3 Å². The fourth-order valence-corrected chi connectivity index (χ4v) is 3.88. The Kier molecular flexibility index (Phi) is 5.67. The van der Waals surface area contributed by atoms with Crippen LogP contribution in [0.25, 0.3) is 0 Å². The van der Waals surface area contributed by atoms with E-state index in [1.165, 1.54) is 4.88 Å². The molecule has 0 aromatic carbocycles. The first-order valence-corrected chi connectivity index (χ1v) is 9.37. The zero-order valence-electron chi connectivity index (χ0n) is 14.8. The number of hydrogen-bond acceptors (Lipinski definition) is 6. The Hall–Kier alpha value is -1.87. The Labute approximate surface area is 154 Å². The molecule has 1 N–H and O–H groups in total.